The number of ether oxygens (including phenoxy) is 2. The van der Waals surface area contributed by atoms with Crippen molar-refractivity contribution in [3.8, 4) is 5.75 Å². The second-order valence-corrected chi connectivity index (χ2v) is 3.22. The Kier molecular flexibility index (Phi) is 5.37. The predicted molar refractivity (Wildman–Crippen MR) is 64.4 cm³/mol. The highest BCUT2D eigenvalue weighted by Crippen LogP contribution is 2.17. The molecule has 6 heteroatoms. The SMILES string of the molecule is CCOC(=O)/C=C/COc1ccc([N+](=O)[O-])cc1. The second-order valence-electron chi connectivity index (χ2n) is 3.22. The highest BCUT2D eigenvalue weighted by molar-refractivity contribution is 5.81. The summed E-state index contributed by atoms with van der Waals surface area (Å²) in [4.78, 5) is 20.9. The number of rotatable bonds is 6. The molecule has 0 unspecified atom stereocenters. The summed E-state index contributed by atoms with van der Waals surface area (Å²) < 4.78 is 9.93. The van der Waals surface area contributed by atoms with Crippen LogP contribution in [0.1, 0.15) is 6.92 Å². The van der Waals surface area contributed by atoms with E-state index in [1.165, 1.54) is 36.4 Å². The monoisotopic (exact) mass is 251 g/mol. The maximum absolute atomic E-state index is 10.9. The standard InChI is InChI=1S/C12H13NO5/c1-2-17-12(14)4-3-9-18-11-7-5-10(6-8-11)13(15)16/h3-8H,2,9H2,1H3/b4-3+. The zero-order chi connectivity index (χ0) is 13.4. The van der Waals surface area contributed by atoms with Crippen molar-refractivity contribution in [2.24, 2.45) is 0 Å². The van der Waals surface area contributed by atoms with Crippen LogP contribution in [0.3, 0.4) is 0 Å². The summed E-state index contributed by atoms with van der Waals surface area (Å²) >= 11 is 0. The highest BCUT2D eigenvalue weighted by atomic mass is 16.6. The van der Waals surface area contributed by atoms with Gasteiger partial charge in [-0.1, -0.05) is 0 Å². The van der Waals surface area contributed by atoms with Gasteiger partial charge in [-0.2, -0.15) is 0 Å². The lowest BCUT2D eigenvalue weighted by Gasteiger charge is -2.02. The van der Waals surface area contributed by atoms with Crippen molar-refractivity contribution in [3.63, 3.8) is 0 Å². The van der Waals surface area contributed by atoms with Crippen molar-refractivity contribution < 1.29 is 19.2 Å². The van der Waals surface area contributed by atoms with E-state index < -0.39 is 10.9 Å². The van der Waals surface area contributed by atoms with Gasteiger partial charge in [0.05, 0.1) is 11.5 Å². The van der Waals surface area contributed by atoms with Crippen LogP contribution in [0.5, 0.6) is 5.75 Å². The number of carbonyl (C=O) groups excluding carboxylic acids is 1. The minimum atomic E-state index is -0.482. The summed E-state index contributed by atoms with van der Waals surface area (Å²) in [6.45, 7) is 2.24. The second kappa shape index (κ2) is 7.05. The van der Waals surface area contributed by atoms with Crippen LogP contribution in [-0.4, -0.2) is 24.1 Å². The van der Waals surface area contributed by atoms with Gasteiger partial charge in [0.2, 0.25) is 0 Å². The van der Waals surface area contributed by atoms with Gasteiger partial charge in [-0.15, -0.1) is 0 Å². The van der Waals surface area contributed by atoms with Crippen LogP contribution in [0.15, 0.2) is 36.4 Å². The molecule has 1 rings (SSSR count). The molecule has 0 saturated carbocycles. The fraction of sp³-hybridized carbons (Fsp3) is 0.250. The molecular weight excluding hydrogens is 238 g/mol. The molecule has 1 aromatic carbocycles. The third-order valence-corrected chi connectivity index (χ3v) is 1.93. The van der Waals surface area contributed by atoms with Crippen molar-refractivity contribution in [1.29, 1.82) is 0 Å². The van der Waals surface area contributed by atoms with Crippen LogP contribution in [-0.2, 0) is 9.53 Å². The summed E-state index contributed by atoms with van der Waals surface area (Å²) in [6.07, 6.45) is 2.79. The molecule has 0 aliphatic heterocycles. The number of nitro benzene ring substituents is 1. The smallest absolute Gasteiger partial charge is 0.330 e. The van der Waals surface area contributed by atoms with Gasteiger partial charge in [-0.05, 0) is 25.1 Å². The van der Waals surface area contributed by atoms with Crippen LogP contribution in [0.25, 0.3) is 0 Å². The molecule has 0 fully saturated rings. The Morgan fingerprint density at radius 1 is 1.39 bits per heavy atom. The van der Waals surface area contributed by atoms with E-state index in [9.17, 15) is 14.9 Å². The predicted octanol–water partition coefficient (Wildman–Crippen LogP) is 2.09. The number of esters is 1. The van der Waals surface area contributed by atoms with Gasteiger partial charge in [-0.25, -0.2) is 4.79 Å². The molecule has 0 aromatic heterocycles. The number of non-ortho nitro benzene ring substituents is 1. The van der Waals surface area contributed by atoms with E-state index in [0.29, 0.717) is 12.4 Å². The third kappa shape index (κ3) is 4.65. The third-order valence-electron chi connectivity index (χ3n) is 1.93. The molecule has 0 aliphatic rings. The summed E-state index contributed by atoms with van der Waals surface area (Å²) in [5.41, 5.74) is 0.00409. The van der Waals surface area contributed by atoms with Gasteiger partial charge in [0.25, 0.3) is 5.69 Å². The summed E-state index contributed by atoms with van der Waals surface area (Å²) in [5.74, 6) is 0.0684. The summed E-state index contributed by atoms with van der Waals surface area (Å²) in [7, 11) is 0. The normalized spacial score (nSPS) is 10.3. The maximum Gasteiger partial charge on any atom is 0.330 e. The average molecular weight is 251 g/mol. The van der Waals surface area contributed by atoms with Crippen LogP contribution < -0.4 is 4.74 Å². The molecule has 0 amide bonds. The Labute approximate surface area is 104 Å². The molecule has 96 valence electrons. The molecule has 0 radical (unpaired) electrons. The summed E-state index contributed by atoms with van der Waals surface area (Å²) in [6, 6.07) is 5.70. The molecule has 0 atom stereocenters. The van der Waals surface area contributed by atoms with Gasteiger partial charge in [0.15, 0.2) is 0 Å². The van der Waals surface area contributed by atoms with Gasteiger partial charge in [0, 0.05) is 18.2 Å². The fourth-order valence-corrected chi connectivity index (χ4v) is 1.14. The molecule has 18 heavy (non-hydrogen) atoms. The van der Waals surface area contributed by atoms with E-state index in [1.807, 2.05) is 0 Å². The van der Waals surface area contributed by atoms with Crippen molar-refractivity contribution >= 4 is 11.7 Å². The first-order chi connectivity index (χ1) is 8.63. The minimum absolute atomic E-state index is 0.00409. The molecule has 0 heterocycles. The van der Waals surface area contributed by atoms with Gasteiger partial charge in [0.1, 0.15) is 12.4 Å². The van der Waals surface area contributed by atoms with E-state index in [4.69, 9.17) is 4.74 Å². The van der Waals surface area contributed by atoms with E-state index >= 15 is 0 Å². The van der Waals surface area contributed by atoms with E-state index in [1.54, 1.807) is 6.92 Å². The Morgan fingerprint density at radius 2 is 2.06 bits per heavy atom. The van der Waals surface area contributed by atoms with Crippen molar-refractivity contribution in [2.75, 3.05) is 13.2 Å². The first-order valence-corrected chi connectivity index (χ1v) is 5.34. The fourth-order valence-electron chi connectivity index (χ4n) is 1.14. The molecule has 6 nitrogen and oxygen atoms in total. The number of hydrogen-bond acceptors (Lipinski definition) is 5. The first-order valence-electron chi connectivity index (χ1n) is 5.34. The van der Waals surface area contributed by atoms with Gasteiger partial charge in [-0.3, -0.25) is 10.1 Å². The molecule has 0 bridgehead atoms. The quantitative estimate of drug-likeness (QED) is 0.335. The topological polar surface area (TPSA) is 78.7 Å². The molecule has 1 aromatic rings. The van der Waals surface area contributed by atoms with Crippen LogP contribution in [0.2, 0.25) is 0 Å². The van der Waals surface area contributed by atoms with E-state index in [2.05, 4.69) is 4.74 Å². The van der Waals surface area contributed by atoms with Crippen molar-refractivity contribution in [1.82, 2.24) is 0 Å². The van der Waals surface area contributed by atoms with Crippen molar-refractivity contribution in [2.45, 2.75) is 6.92 Å². The van der Waals surface area contributed by atoms with Crippen LogP contribution >= 0.6 is 0 Å². The number of nitro groups is 1. The van der Waals surface area contributed by atoms with E-state index in [-0.39, 0.29) is 12.3 Å². The largest absolute Gasteiger partial charge is 0.490 e. The Morgan fingerprint density at radius 3 is 2.61 bits per heavy atom. The first kappa shape index (κ1) is 13.7. The Bertz CT molecular complexity index is 438. The minimum Gasteiger partial charge on any atom is -0.490 e. The molecular formula is C12H13NO5. The zero-order valence-electron chi connectivity index (χ0n) is 9.87. The Hall–Kier alpha value is -2.37. The molecule has 0 spiro atoms. The maximum atomic E-state index is 10.9. The lowest BCUT2D eigenvalue weighted by molar-refractivity contribution is -0.384. The number of nitrogens with zero attached hydrogens (tertiary/aromatic N) is 1. The van der Waals surface area contributed by atoms with E-state index in [0.717, 1.165) is 0 Å². The van der Waals surface area contributed by atoms with Gasteiger partial charge >= 0.3 is 5.97 Å². The number of carbonyl (C=O) groups is 1. The lowest BCUT2D eigenvalue weighted by atomic mass is 10.3. The zero-order valence-corrected chi connectivity index (χ0v) is 9.87. The van der Waals surface area contributed by atoms with Crippen molar-refractivity contribution in [3.05, 3.63) is 46.5 Å². The van der Waals surface area contributed by atoms with Gasteiger partial charge < -0.3 is 9.47 Å². The van der Waals surface area contributed by atoms with Crippen LogP contribution in [0, 0.1) is 10.1 Å². The summed E-state index contributed by atoms with van der Waals surface area (Å²) in [5, 5.41) is 10.4. The number of hydrogen-bond donors (Lipinski definition) is 0. The lowest BCUT2D eigenvalue weighted by Crippen LogP contribution is -2.00. The molecule has 0 saturated heterocycles. The average Bonchev–Trinajstić information content (AvgIpc) is 2.35. The molecule has 0 N–H and O–H groups in total. The van der Waals surface area contributed by atoms with Crippen LogP contribution in [0.4, 0.5) is 5.69 Å². The number of benzene rings is 1. The Balaban J connectivity index is 2.40. The molecule has 0 aliphatic carbocycles. The highest BCUT2D eigenvalue weighted by Gasteiger charge is 2.03.